The van der Waals surface area contributed by atoms with Crippen LogP contribution in [0, 0.1) is 40.4 Å². The van der Waals surface area contributed by atoms with E-state index in [-0.39, 0.29) is 11.2 Å². The molecular formula is C30H36Br2N2O2. The van der Waals surface area contributed by atoms with Crippen molar-refractivity contribution in [3.8, 4) is 0 Å². The Morgan fingerprint density at radius 2 is 1.75 bits per heavy atom. The maximum atomic E-state index is 6.47. The maximum absolute atomic E-state index is 6.47. The van der Waals surface area contributed by atoms with Crippen molar-refractivity contribution in [2.75, 3.05) is 0 Å². The van der Waals surface area contributed by atoms with Crippen molar-refractivity contribution in [3.63, 3.8) is 0 Å². The van der Waals surface area contributed by atoms with E-state index in [1.165, 1.54) is 63.4 Å². The van der Waals surface area contributed by atoms with Gasteiger partial charge in [-0.3, -0.25) is 0 Å². The first kappa shape index (κ1) is 23.0. The molecule has 0 saturated heterocycles. The second-order valence-electron chi connectivity index (χ2n) is 13.2. The Morgan fingerprint density at radius 3 is 2.47 bits per heavy atom. The highest BCUT2D eigenvalue weighted by Gasteiger charge is 2.98. The van der Waals surface area contributed by atoms with Gasteiger partial charge in [0.2, 0.25) is 0 Å². The average Bonchev–Trinajstić information content (AvgIpc) is 3.25. The summed E-state index contributed by atoms with van der Waals surface area (Å²) < 4.78 is 2.13. The highest BCUT2D eigenvalue weighted by molar-refractivity contribution is 9.18. The van der Waals surface area contributed by atoms with E-state index in [2.05, 4.69) is 79.4 Å². The van der Waals surface area contributed by atoms with Gasteiger partial charge in [-0.2, -0.15) is 0 Å². The highest BCUT2D eigenvalue weighted by atomic mass is 79.9. The lowest BCUT2D eigenvalue weighted by Gasteiger charge is -2.65. The Hall–Kier alpha value is -0.880. The van der Waals surface area contributed by atoms with E-state index in [9.17, 15) is 0 Å². The molecule has 0 aromatic heterocycles. The highest BCUT2D eigenvalue weighted by Crippen LogP contribution is 3.00. The fraction of sp³-hybridized carbons (Fsp3) is 0.733. The summed E-state index contributed by atoms with van der Waals surface area (Å²) >= 11 is 7.67. The molecule has 8 unspecified atom stereocenters. The van der Waals surface area contributed by atoms with Crippen molar-refractivity contribution >= 4 is 41.1 Å². The van der Waals surface area contributed by atoms with Crippen molar-refractivity contribution in [2.24, 2.45) is 50.7 Å². The maximum Gasteiger partial charge on any atom is 0.147 e. The summed E-state index contributed by atoms with van der Waals surface area (Å²) in [6.45, 7) is 2.46. The number of rotatable bonds is 4. The lowest BCUT2D eigenvalue weighted by Crippen LogP contribution is -2.64. The second-order valence-corrected chi connectivity index (χ2v) is 14.9. The average molecular weight is 616 g/mol. The third-order valence-corrected chi connectivity index (χ3v) is 13.4. The van der Waals surface area contributed by atoms with Gasteiger partial charge in [-0.25, -0.2) is 0 Å². The Morgan fingerprint density at radius 1 is 0.972 bits per heavy atom. The van der Waals surface area contributed by atoms with E-state index >= 15 is 0 Å². The number of halogens is 2. The molecule has 6 heteroatoms. The summed E-state index contributed by atoms with van der Waals surface area (Å²) in [4.78, 5) is 12.8. The third-order valence-electron chi connectivity index (χ3n) is 12.3. The standard InChI is InChI=1S/C30H36Br2N2O2/c1-2-21-29(16-20-24(29)30(20,21)25-26(32)34-35-27(25)12-7-4-8-13-27)22-15-19(18-9-5-3-6-10-18)11-14-28(22)17-23(31)33-36-28/h3,5-6,9-10,19-22,24-25H,2,4,7-8,11-17H2,1H3/t19?,20?,21?,22?,24?,25?,28?,29?,30-/m1/s1. The summed E-state index contributed by atoms with van der Waals surface area (Å²) in [7, 11) is 0. The summed E-state index contributed by atoms with van der Waals surface area (Å²) in [5.74, 6) is 4.02. The zero-order chi connectivity index (χ0) is 24.3. The van der Waals surface area contributed by atoms with Crippen LogP contribution in [-0.2, 0) is 9.68 Å². The molecule has 2 aliphatic heterocycles. The number of oxime groups is 2. The molecule has 1 aromatic rings. The van der Waals surface area contributed by atoms with Crippen LogP contribution in [0.5, 0.6) is 0 Å². The summed E-state index contributed by atoms with van der Waals surface area (Å²) in [6, 6.07) is 11.3. The molecule has 7 aliphatic rings. The number of benzene rings is 1. The van der Waals surface area contributed by atoms with E-state index in [0.717, 1.165) is 39.8 Å². The van der Waals surface area contributed by atoms with Crippen LogP contribution >= 0.6 is 31.9 Å². The van der Waals surface area contributed by atoms with Gasteiger partial charge in [0, 0.05) is 12.3 Å². The van der Waals surface area contributed by atoms with Gasteiger partial charge in [0.1, 0.15) is 20.4 Å². The first-order valence-corrected chi connectivity index (χ1v) is 16.0. The van der Waals surface area contributed by atoms with Crippen LogP contribution in [0.15, 0.2) is 40.6 Å². The Bertz CT molecular complexity index is 1150. The van der Waals surface area contributed by atoms with Gasteiger partial charge >= 0.3 is 0 Å². The van der Waals surface area contributed by atoms with E-state index in [1.54, 1.807) is 0 Å². The lowest BCUT2D eigenvalue weighted by molar-refractivity contribution is -0.220. The first-order valence-electron chi connectivity index (χ1n) is 14.4. The molecule has 0 radical (unpaired) electrons. The van der Waals surface area contributed by atoms with Crippen LogP contribution in [0.4, 0.5) is 0 Å². The van der Waals surface area contributed by atoms with Gasteiger partial charge in [0.25, 0.3) is 0 Å². The minimum absolute atomic E-state index is 0.0547. The van der Waals surface area contributed by atoms with Crippen molar-refractivity contribution in [3.05, 3.63) is 35.9 Å². The normalized spacial score (nSPS) is 49.3. The van der Waals surface area contributed by atoms with Gasteiger partial charge in [0.05, 0.1) is 5.92 Å². The van der Waals surface area contributed by atoms with Crippen molar-refractivity contribution in [2.45, 2.75) is 94.7 Å². The van der Waals surface area contributed by atoms with Crippen molar-refractivity contribution < 1.29 is 9.68 Å². The molecule has 5 aliphatic carbocycles. The third kappa shape index (κ3) is 2.58. The fourth-order valence-electron chi connectivity index (χ4n) is 11.5. The predicted octanol–water partition coefficient (Wildman–Crippen LogP) is 8.16. The SMILES string of the molecule is CCC1C2(C3CC(c4ccccc4)CCC34CC(Br)=NO4)CC3C2[C@@]31C1C(Br)=NOC12CCCCC2. The van der Waals surface area contributed by atoms with E-state index in [1.807, 2.05) is 0 Å². The molecule has 192 valence electrons. The monoisotopic (exact) mass is 614 g/mol. The Kier molecular flexibility index (Phi) is 4.87. The van der Waals surface area contributed by atoms with E-state index in [4.69, 9.17) is 9.68 Å². The van der Waals surface area contributed by atoms with Gasteiger partial charge in [-0.1, -0.05) is 60.4 Å². The minimum Gasteiger partial charge on any atom is -0.388 e. The molecule has 0 bridgehead atoms. The van der Waals surface area contributed by atoms with Crippen LogP contribution < -0.4 is 0 Å². The van der Waals surface area contributed by atoms with Gasteiger partial charge in [-0.05, 0) is 123 Å². The van der Waals surface area contributed by atoms with Crippen LogP contribution in [0.2, 0.25) is 0 Å². The number of nitrogens with zero attached hydrogens (tertiary/aromatic N) is 2. The largest absolute Gasteiger partial charge is 0.388 e. The number of hydrogen-bond acceptors (Lipinski definition) is 4. The molecule has 2 heterocycles. The van der Waals surface area contributed by atoms with E-state index < -0.39 is 0 Å². The van der Waals surface area contributed by atoms with E-state index in [0.29, 0.717) is 28.6 Å². The number of fused-ring (bicyclic) bond motifs is 1. The van der Waals surface area contributed by atoms with Gasteiger partial charge < -0.3 is 9.68 Å². The Labute approximate surface area is 231 Å². The van der Waals surface area contributed by atoms with Gasteiger partial charge in [-0.15, -0.1) is 0 Å². The zero-order valence-electron chi connectivity index (χ0n) is 21.1. The van der Waals surface area contributed by atoms with Crippen LogP contribution in [0.25, 0.3) is 0 Å². The molecule has 36 heavy (non-hydrogen) atoms. The minimum atomic E-state index is -0.128. The topological polar surface area (TPSA) is 43.2 Å². The molecule has 9 atom stereocenters. The quantitative estimate of drug-likeness (QED) is 0.343. The second kappa shape index (κ2) is 7.61. The zero-order valence-corrected chi connectivity index (χ0v) is 24.3. The smallest absolute Gasteiger partial charge is 0.147 e. The van der Waals surface area contributed by atoms with Crippen LogP contribution in [0.1, 0.15) is 89.0 Å². The predicted molar refractivity (Wildman–Crippen MR) is 148 cm³/mol. The van der Waals surface area contributed by atoms with Crippen LogP contribution in [0.3, 0.4) is 0 Å². The molecule has 5 fully saturated rings. The number of hydrogen-bond donors (Lipinski definition) is 0. The van der Waals surface area contributed by atoms with Crippen molar-refractivity contribution in [1.82, 2.24) is 0 Å². The van der Waals surface area contributed by atoms with Gasteiger partial charge in [0.15, 0.2) is 0 Å². The molecule has 1 aromatic carbocycles. The van der Waals surface area contributed by atoms with Crippen molar-refractivity contribution in [1.29, 1.82) is 0 Å². The first-order chi connectivity index (χ1) is 17.5. The Balaban J connectivity index is 1.17. The summed E-state index contributed by atoms with van der Waals surface area (Å²) in [5, 5.41) is 9.14. The van der Waals surface area contributed by atoms with Crippen LogP contribution in [-0.4, -0.2) is 20.4 Å². The fourth-order valence-corrected chi connectivity index (χ4v) is 12.9. The lowest BCUT2D eigenvalue weighted by atomic mass is 9.39. The molecule has 0 amide bonds. The molecular weight excluding hydrogens is 580 g/mol. The molecule has 4 nitrogen and oxygen atoms in total. The summed E-state index contributed by atoms with van der Waals surface area (Å²) in [5.41, 5.74) is 2.11. The molecule has 2 spiro atoms. The summed E-state index contributed by atoms with van der Waals surface area (Å²) in [6.07, 6.45) is 13.4. The molecule has 0 N–H and O–H groups in total. The molecule has 5 saturated carbocycles. The molecule has 8 rings (SSSR count).